The van der Waals surface area contributed by atoms with Gasteiger partial charge in [-0.2, -0.15) is 0 Å². The summed E-state index contributed by atoms with van der Waals surface area (Å²) >= 11 is 3.17. The molecular weight excluding hydrogens is 378 g/mol. The molecule has 0 atom stereocenters. The minimum atomic E-state index is 0.0642. The fraction of sp³-hybridized carbons (Fsp3) is 0.190. The molecule has 0 fully saturated rings. The molecule has 1 aromatic heterocycles. The zero-order valence-electron chi connectivity index (χ0n) is 15.3. The number of rotatable bonds is 8. The zero-order chi connectivity index (χ0) is 19.1. The molecule has 0 N–H and O–H groups in total. The van der Waals surface area contributed by atoms with Crippen LogP contribution in [0.2, 0.25) is 0 Å². The molecule has 1 heterocycles. The first kappa shape index (κ1) is 19.3. The van der Waals surface area contributed by atoms with E-state index in [1.807, 2.05) is 70.9 Å². The van der Waals surface area contributed by atoms with Gasteiger partial charge in [0.2, 0.25) is 5.91 Å². The molecule has 0 radical (unpaired) electrons. The van der Waals surface area contributed by atoms with Crippen LogP contribution in [0.15, 0.2) is 70.9 Å². The molecule has 1 amide bonds. The van der Waals surface area contributed by atoms with Crippen molar-refractivity contribution in [1.82, 2.24) is 0 Å². The molecule has 0 aliphatic rings. The number of thiophene rings is 1. The van der Waals surface area contributed by atoms with Crippen LogP contribution < -0.4 is 14.4 Å². The summed E-state index contributed by atoms with van der Waals surface area (Å²) in [4.78, 5) is 17.0. The Kier molecular flexibility index (Phi) is 6.79. The van der Waals surface area contributed by atoms with Gasteiger partial charge in [0.1, 0.15) is 11.5 Å². The first-order chi connectivity index (χ1) is 13.2. The monoisotopic (exact) mass is 399 g/mol. The molecule has 3 rings (SSSR count). The van der Waals surface area contributed by atoms with Crippen molar-refractivity contribution in [1.29, 1.82) is 0 Å². The Morgan fingerprint density at radius 2 is 1.59 bits per heavy atom. The number of hydrogen-bond acceptors (Lipinski definition) is 5. The number of thioether (sulfide) groups is 1. The highest BCUT2D eigenvalue weighted by atomic mass is 32.2. The number of hydrogen-bond donors (Lipinski definition) is 0. The van der Waals surface area contributed by atoms with Crippen molar-refractivity contribution in [3.8, 4) is 11.5 Å². The fourth-order valence-electron chi connectivity index (χ4n) is 2.54. The van der Waals surface area contributed by atoms with Gasteiger partial charge in [0.15, 0.2) is 0 Å². The van der Waals surface area contributed by atoms with Crippen molar-refractivity contribution in [3.63, 3.8) is 0 Å². The number of anilines is 1. The molecule has 0 saturated carbocycles. The average molecular weight is 400 g/mol. The second-order valence-corrected chi connectivity index (χ2v) is 7.80. The van der Waals surface area contributed by atoms with Gasteiger partial charge >= 0.3 is 0 Å². The van der Waals surface area contributed by atoms with E-state index in [-0.39, 0.29) is 5.91 Å². The van der Waals surface area contributed by atoms with E-state index < -0.39 is 0 Å². The Hall–Kier alpha value is -2.44. The van der Waals surface area contributed by atoms with Crippen LogP contribution >= 0.6 is 23.1 Å². The van der Waals surface area contributed by atoms with Gasteiger partial charge in [0.25, 0.3) is 0 Å². The molecule has 0 spiro atoms. The van der Waals surface area contributed by atoms with Crippen LogP contribution in [-0.4, -0.2) is 25.9 Å². The maximum atomic E-state index is 13.0. The summed E-state index contributed by atoms with van der Waals surface area (Å²) in [7, 11) is 3.28. The van der Waals surface area contributed by atoms with Crippen LogP contribution in [0.25, 0.3) is 0 Å². The van der Waals surface area contributed by atoms with E-state index in [0.717, 1.165) is 27.0 Å². The molecular formula is C21H21NO3S2. The Labute approximate surface area is 167 Å². The van der Waals surface area contributed by atoms with Gasteiger partial charge in [-0.1, -0.05) is 6.07 Å². The number of ether oxygens (including phenoxy) is 2. The molecule has 4 nitrogen and oxygen atoms in total. The molecule has 3 aromatic rings. The third-order valence-corrected chi connectivity index (χ3v) is 5.86. The predicted octanol–water partition coefficient (Wildman–Crippen LogP) is 5.09. The van der Waals surface area contributed by atoms with E-state index >= 15 is 0 Å². The first-order valence-electron chi connectivity index (χ1n) is 8.43. The van der Waals surface area contributed by atoms with Crippen LogP contribution in [0.4, 0.5) is 5.69 Å². The summed E-state index contributed by atoms with van der Waals surface area (Å²) in [5, 5.41) is 2.03. The van der Waals surface area contributed by atoms with Crippen molar-refractivity contribution in [2.24, 2.45) is 0 Å². The third kappa shape index (κ3) is 5.28. The number of nitrogens with zero attached hydrogens (tertiary/aromatic N) is 1. The molecule has 140 valence electrons. The second kappa shape index (κ2) is 9.48. The van der Waals surface area contributed by atoms with E-state index in [4.69, 9.17) is 9.47 Å². The normalized spacial score (nSPS) is 10.4. The van der Waals surface area contributed by atoms with Gasteiger partial charge in [-0.05, 0) is 60.0 Å². The summed E-state index contributed by atoms with van der Waals surface area (Å²) in [6, 6.07) is 19.4. The van der Waals surface area contributed by atoms with Crippen molar-refractivity contribution < 1.29 is 14.3 Å². The van der Waals surface area contributed by atoms with Crippen molar-refractivity contribution in [2.45, 2.75) is 11.4 Å². The molecule has 2 aromatic carbocycles. The topological polar surface area (TPSA) is 38.8 Å². The Morgan fingerprint density at radius 3 is 2.15 bits per heavy atom. The standard InChI is InChI=1S/C21H21NO3S2/c1-24-17-7-5-16(6-8-17)22(14-20-4-3-13-26-20)21(23)15-27-19-11-9-18(25-2)10-12-19/h3-13H,14-15H2,1-2H3. The lowest BCUT2D eigenvalue weighted by molar-refractivity contribution is -0.116. The van der Waals surface area contributed by atoms with Gasteiger partial charge in [-0.3, -0.25) is 4.79 Å². The first-order valence-corrected chi connectivity index (χ1v) is 10.3. The molecule has 0 unspecified atom stereocenters. The smallest absolute Gasteiger partial charge is 0.237 e. The van der Waals surface area contributed by atoms with E-state index in [9.17, 15) is 4.79 Å². The molecule has 0 bridgehead atoms. The number of amides is 1. The Bertz CT molecular complexity index is 846. The van der Waals surface area contributed by atoms with E-state index in [2.05, 4.69) is 0 Å². The Balaban J connectivity index is 1.72. The zero-order valence-corrected chi connectivity index (χ0v) is 16.9. The largest absolute Gasteiger partial charge is 0.497 e. The van der Waals surface area contributed by atoms with Gasteiger partial charge in [-0.25, -0.2) is 0 Å². The minimum absolute atomic E-state index is 0.0642. The predicted molar refractivity (Wildman–Crippen MR) is 112 cm³/mol. The highest BCUT2D eigenvalue weighted by Crippen LogP contribution is 2.26. The molecule has 0 aliphatic heterocycles. The van der Waals surface area contributed by atoms with Crippen LogP contribution in [0.3, 0.4) is 0 Å². The number of carbonyl (C=O) groups is 1. The fourth-order valence-corrected chi connectivity index (χ4v) is 4.01. The SMILES string of the molecule is COc1ccc(SCC(=O)N(Cc2cccs2)c2ccc(OC)cc2)cc1. The van der Waals surface area contributed by atoms with E-state index in [0.29, 0.717) is 12.3 Å². The minimum Gasteiger partial charge on any atom is -0.497 e. The highest BCUT2D eigenvalue weighted by molar-refractivity contribution is 8.00. The molecule has 27 heavy (non-hydrogen) atoms. The van der Waals surface area contributed by atoms with Crippen molar-refractivity contribution in [2.75, 3.05) is 24.9 Å². The second-order valence-electron chi connectivity index (χ2n) is 5.72. The summed E-state index contributed by atoms with van der Waals surface area (Å²) in [5.74, 6) is 2.01. The number of methoxy groups -OCH3 is 2. The van der Waals surface area contributed by atoms with Crippen molar-refractivity contribution in [3.05, 3.63) is 70.9 Å². The number of carbonyl (C=O) groups excluding carboxylic acids is 1. The molecule has 0 saturated heterocycles. The van der Waals surface area contributed by atoms with Crippen LogP contribution in [0.1, 0.15) is 4.88 Å². The maximum Gasteiger partial charge on any atom is 0.237 e. The lowest BCUT2D eigenvalue weighted by atomic mass is 10.2. The average Bonchev–Trinajstić information content (AvgIpc) is 3.24. The number of benzene rings is 2. The highest BCUT2D eigenvalue weighted by Gasteiger charge is 2.17. The van der Waals surface area contributed by atoms with Crippen LogP contribution in [-0.2, 0) is 11.3 Å². The maximum absolute atomic E-state index is 13.0. The van der Waals surface area contributed by atoms with Gasteiger partial charge < -0.3 is 14.4 Å². The molecule has 0 aliphatic carbocycles. The quantitative estimate of drug-likeness (QED) is 0.495. The van der Waals surface area contributed by atoms with Crippen molar-refractivity contribution >= 4 is 34.7 Å². The summed E-state index contributed by atoms with van der Waals surface area (Å²) < 4.78 is 10.4. The summed E-state index contributed by atoms with van der Waals surface area (Å²) in [5.41, 5.74) is 0.865. The van der Waals surface area contributed by atoms with Crippen LogP contribution in [0.5, 0.6) is 11.5 Å². The molecule has 6 heteroatoms. The third-order valence-electron chi connectivity index (χ3n) is 4.00. The lowest BCUT2D eigenvalue weighted by Gasteiger charge is -2.22. The van der Waals surface area contributed by atoms with Gasteiger partial charge in [0.05, 0.1) is 26.5 Å². The van der Waals surface area contributed by atoms with Gasteiger partial charge in [0, 0.05) is 15.5 Å². The van der Waals surface area contributed by atoms with E-state index in [1.54, 1.807) is 25.6 Å². The Morgan fingerprint density at radius 1 is 0.963 bits per heavy atom. The lowest BCUT2D eigenvalue weighted by Crippen LogP contribution is -2.31. The van der Waals surface area contributed by atoms with E-state index in [1.165, 1.54) is 11.8 Å². The summed E-state index contributed by atoms with van der Waals surface area (Å²) in [6.07, 6.45) is 0. The summed E-state index contributed by atoms with van der Waals surface area (Å²) in [6.45, 7) is 0.562. The van der Waals surface area contributed by atoms with Crippen LogP contribution in [0, 0.1) is 0 Å². The van der Waals surface area contributed by atoms with Gasteiger partial charge in [-0.15, -0.1) is 23.1 Å².